The molecule has 1 aromatic rings. The van der Waals surface area contributed by atoms with Gasteiger partial charge in [0.1, 0.15) is 6.33 Å². The predicted octanol–water partition coefficient (Wildman–Crippen LogP) is 2.49. The van der Waals surface area contributed by atoms with E-state index in [-0.39, 0.29) is 5.78 Å². The van der Waals surface area contributed by atoms with E-state index < -0.39 is 0 Å². The van der Waals surface area contributed by atoms with E-state index in [1.165, 1.54) is 6.33 Å². The van der Waals surface area contributed by atoms with Crippen molar-refractivity contribution in [2.75, 3.05) is 0 Å². The summed E-state index contributed by atoms with van der Waals surface area (Å²) in [5.74, 6) is 0.807. The summed E-state index contributed by atoms with van der Waals surface area (Å²) in [6, 6.07) is 0. The van der Waals surface area contributed by atoms with Crippen LogP contribution in [0.1, 0.15) is 43.5 Å². The number of carbonyl (C=O) groups is 1. The molecule has 0 radical (unpaired) electrons. The largest absolute Gasteiger partial charge is 0.294 e. The summed E-state index contributed by atoms with van der Waals surface area (Å²) >= 11 is 0. The smallest absolute Gasteiger partial charge is 0.165 e. The second-order valence-corrected chi connectivity index (χ2v) is 3.84. The maximum absolute atomic E-state index is 11.5. The molecular weight excluding hydrogens is 176 g/mol. The van der Waals surface area contributed by atoms with Gasteiger partial charge in [0.15, 0.2) is 5.78 Å². The van der Waals surface area contributed by atoms with E-state index in [4.69, 9.17) is 0 Å². The second kappa shape index (κ2) is 5.47. The summed E-state index contributed by atoms with van der Waals surface area (Å²) in [5, 5.41) is 0. The molecule has 76 valence electrons. The lowest BCUT2D eigenvalue weighted by Gasteiger charge is -2.03. The van der Waals surface area contributed by atoms with Crippen molar-refractivity contribution in [1.29, 1.82) is 0 Å². The Labute approximate surface area is 84.6 Å². The second-order valence-electron chi connectivity index (χ2n) is 3.84. The van der Waals surface area contributed by atoms with Crippen molar-refractivity contribution in [3.63, 3.8) is 0 Å². The fraction of sp³-hybridized carbons (Fsp3) is 0.545. The van der Waals surface area contributed by atoms with Crippen LogP contribution in [0.4, 0.5) is 0 Å². The van der Waals surface area contributed by atoms with Crippen molar-refractivity contribution in [1.82, 2.24) is 9.97 Å². The highest BCUT2D eigenvalue weighted by molar-refractivity contribution is 5.95. The first-order valence-corrected chi connectivity index (χ1v) is 4.98. The number of Topliss-reactive ketones (excluding diaryl/α,β-unsaturated/α-hetero) is 1. The number of nitrogens with zero attached hydrogens (tertiary/aromatic N) is 2. The Bertz CT molecular complexity index is 283. The third-order valence-corrected chi connectivity index (χ3v) is 2.07. The molecule has 0 spiro atoms. The van der Waals surface area contributed by atoms with E-state index in [9.17, 15) is 4.79 Å². The molecule has 1 rings (SSSR count). The number of hydrogen-bond acceptors (Lipinski definition) is 3. The molecule has 14 heavy (non-hydrogen) atoms. The fourth-order valence-electron chi connectivity index (χ4n) is 1.26. The third kappa shape index (κ3) is 3.64. The van der Waals surface area contributed by atoms with Crippen molar-refractivity contribution in [2.24, 2.45) is 5.92 Å². The minimum Gasteiger partial charge on any atom is -0.294 e. The summed E-state index contributed by atoms with van der Waals surface area (Å²) in [6.07, 6.45) is 7.23. The van der Waals surface area contributed by atoms with Gasteiger partial charge < -0.3 is 0 Å². The first-order chi connectivity index (χ1) is 6.70. The molecular formula is C11H16N2O. The molecule has 0 aliphatic carbocycles. The van der Waals surface area contributed by atoms with Gasteiger partial charge in [0, 0.05) is 18.8 Å². The number of hydrogen-bond donors (Lipinski definition) is 0. The van der Waals surface area contributed by atoms with E-state index in [2.05, 4.69) is 23.8 Å². The Kier molecular flexibility index (Phi) is 4.23. The van der Waals surface area contributed by atoms with Gasteiger partial charge in [-0.2, -0.15) is 0 Å². The van der Waals surface area contributed by atoms with Gasteiger partial charge in [-0.25, -0.2) is 9.97 Å². The Morgan fingerprint density at radius 3 is 2.57 bits per heavy atom. The van der Waals surface area contributed by atoms with Gasteiger partial charge in [0.2, 0.25) is 0 Å². The molecule has 0 aliphatic heterocycles. The van der Waals surface area contributed by atoms with Crippen LogP contribution in [-0.4, -0.2) is 15.8 Å². The zero-order chi connectivity index (χ0) is 10.4. The summed E-state index contributed by atoms with van der Waals surface area (Å²) in [7, 11) is 0. The quantitative estimate of drug-likeness (QED) is 0.673. The molecule has 3 heteroatoms. The van der Waals surface area contributed by atoms with Gasteiger partial charge in [-0.1, -0.05) is 20.3 Å². The average Bonchev–Trinajstić information content (AvgIpc) is 2.18. The van der Waals surface area contributed by atoms with Gasteiger partial charge in [-0.15, -0.1) is 0 Å². The Balaban J connectivity index is 2.36. The summed E-state index contributed by atoms with van der Waals surface area (Å²) < 4.78 is 0. The zero-order valence-corrected chi connectivity index (χ0v) is 8.73. The Morgan fingerprint density at radius 2 is 2.00 bits per heavy atom. The average molecular weight is 192 g/mol. The molecule has 3 nitrogen and oxygen atoms in total. The SMILES string of the molecule is CC(C)CCCC(=O)c1cncnc1. The van der Waals surface area contributed by atoms with Crippen LogP contribution in [0.3, 0.4) is 0 Å². The zero-order valence-electron chi connectivity index (χ0n) is 8.73. The molecule has 0 N–H and O–H groups in total. The first kappa shape index (κ1) is 10.8. The molecule has 0 atom stereocenters. The number of aromatic nitrogens is 2. The van der Waals surface area contributed by atoms with Crippen LogP contribution in [0, 0.1) is 5.92 Å². The van der Waals surface area contributed by atoms with E-state index in [1.807, 2.05) is 0 Å². The van der Waals surface area contributed by atoms with E-state index in [0.717, 1.165) is 12.8 Å². The number of ketones is 1. The summed E-state index contributed by atoms with van der Waals surface area (Å²) in [6.45, 7) is 4.33. The molecule has 0 bridgehead atoms. The van der Waals surface area contributed by atoms with E-state index >= 15 is 0 Å². The lowest BCUT2D eigenvalue weighted by molar-refractivity contribution is 0.0977. The standard InChI is InChI=1S/C11H16N2O/c1-9(2)4-3-5-11(14)10-6-12-8-13-7-10/h6-9H,3-5H2,1-2H3. The van der Waals surface area contributed by atoms with Gasteiger partial charge in [0.05, 0.1) is 5.56 Å². The topological polar surface area (TPSA) is 42.9 Å². The molecule has 0 unspecified atom stereocenters. The van der Waals surface area contributed by atoms with Gasteiger partial charge in [-0.05, 0) is 12.3 Å². The van der Waals surface area contributed by atoms with Crippen LogP contribution in [0.2, 0.25) is 0 Å². The van der Waals surface area contributed by atoms with Crippen LogP contribution in [-0.2, 0) is 0 Å². The minimum absolute atomic E-state index is 0.145. The molecule has 0 amide bonds. The third-order valence-electron chi connectivity index (χ3n) is 2.07. The molecule has 0 saturated heterocycles. The Hall–Kier alpha value is -1.25. The van der Waals surface area contributed by atoms with Crippen molar-refractivity contribution >= 4 is 5.78 Å². The van der Waals surface area contributed by atoms with Crippen LogP contribution in [0.15, 0.2) is 18.7 Å². The maximum Gasteiger partial charge on any atom is 0.165 e. The van der Waals surface area contributed by atoms with Crippen LogP contribution >= 0.6 is 0 Å². The van der Waals surface area contributed by atoms with Crippen LogP contribution in [0.5, 0.6) is 0 Å². The monoisotopic (exact) mass is 192 g/mol. The summed E-state index contributed by atoms with van der Waals surface area (Å²) in [5.41, 5.74) is 0.622. The molecule has 0 fully saturated rings. The highest BCUT2D eigenvalue weighted by Crippen LogP contribution is 2.09. The molecule has 0 saturated carbocycles. The predicted molar refractivity (Wildman–Crippen MR) is 55.1 cm³/mol. The lowest BCUT2D eigenvalue weighted by Crippen LogP contribution is -2.01. The maximum atomic E-state index is 11.5. The van der Waals surface area contributed by atoms with Crippen molar-refractivity contribution in [3.8, 4) is 0 Å². The number of rotatable bonds is 5. The molecule has 0 aliphatic rings. The Morgan fingerprint density at radius 1 is 1.36 bits per heavy atom. The lowest BCUT2D eigenvalue weighted by atomic mass is 10.0. The van der Waals surface area contributed by atoms with Crippen molar-refractivity contribution < 1.29 is 4.79 Å². The van der Waals surface area contributed by atoms with Crippen LogP contribution in [0.25, 0.3) is 0 Å². The van der Waals surface area contributed by atoms with Gasteiger partial charge >= 0.3 is 0 Å². The minimum atomic E-state index is 0.145. The first-order valence-electron chi connectivity index (χ1n) is 4.98. The molecule has 0 aromatic carbocycles. The number of carbonyl (C=O) groups excluding carboxylic acids is 1. The van der Waals surface area contributed by atoms with Crippen molar-refractivity contribution in [3.05, 3.63) is 24.3 Å². The fourth-order valence-corrected chi connectivity index (χ4v) is 1.26. The van der Waals surface area contributed by atoms with Crippen molar-refractivity contribution in [2.45, 2.75) is 33.1 Å². The van der Waals surface area contributed by atoms with Crippen LogP contribution < -0.4 is 0 Å². The molecule has 1 aromatic heterocycles. The van der Waals surface area contributed by atoms with Gasteiger partial charge in [-0.3, -0.25) is 4.79 Å². The highest BCUT2D eigenvalue weighted by atomic mass is 16.1. The highest BCUT2D eigenvalue weighted by Gasteiger charge is 2.05. The van der Waals surface area contributed by atoms with E-state index in [1.54, 1.807) is 12.4 Å². The van der Waals surface area contributed by atoms with E-state index in [0.29, 0.717) is 17.9 Å². The van der Waals surface area contributed by atoms with Gasteiger partial charge in [0.25, 0.3) is 0 Å². The summed E-state index contributed by atoms with van der Waals surface area (Å²) in [4.78, 5) is 19.2. The normalized spacial score (nSPS) is 10.5. The molecule has 1 heterocycles.